The van der Waals surface area contributed by atoms with Crippen LogP contribution in [-0.2, 0) is 6.54 Å². The number of hydrogen-bond donors (Lipinski definition) is 2. The minimum absolute atomic E-state index is 0.0855. The predicted octanol–water partition coefficient (Wildman–Crippen LogP) is 6.68. The molecule has 0 unspecified atom stereocenters. The SMILES string of the molecule is FC1(F)CCN(Cc2cncc(-c3ccc4[nH]nc(-c5cc6c(-c7ccncc7)cccc6[nH]5)c4c3)c2)C1. The van der Waals surface area contributed by atoms with Crippen molar-refractivity contribution in [3.05, 3.63) is 91.0 Å². The molecule has 0 radical (unpaired) electrons. The topological polar surface area (TPSA) is 73.5 Å². The summed E-state index contributed by atoms with van der Waals surface area (Å²) in [7, 11) is 0. The summed E-state index contributed by atoms with van der Waals surface area (Å²) in [6, 6.07) is 20.6. The number of alkyl halides is 2. The van der Waals surface area contributed by atoms with E-state index < -0.39 is 5.92 Å². The highest BCUT2D eigenvalue weighted by Crippen LogP contribution is 2.35. The molecule has 4 aromatic heterocycles. The summed E-state index contributed by atoms with van der Waals surface area (Å²) in [4.78, 5) is 13.9. The Labute approximate surface area is 217 Å². The summed E-state index contributed by atoms with van der Waals surface area (Å²) < 4.78 is 27.3. The molecular formula is C30H24F2N6. The van der Waals surface area contributed by atoms with E-state index in [2.05, 4.69) is 49.4 Å². The summed E-state index contributed by atoms with van der Waals surface area (Å²) in [6.07, 6.45) is 7.08. The lowest BCUT2D eigenvalue weighted by molar-refractivity contribution is 0.0115. The molecule has 38 heavy (non-hydrogen) atoms. The van der Waals surface area contributed by atoms with E-state index >= 15 is 0 Å². The average molecular weight is 507 g/mol. The van der Waals surface area contributed by atoms with Crippen LogP contribution in [0.15, 0.2) is 85.5 Å². The third-order valence-electron chi connectivity index (χ3n) is 7.26. The zero-order chi connectivity index (χ0) is 25.7. The molecule has 1 aliphatic heterocycles. The van der Waals surface area contributed by atoms with Crippen molar-refractivity contribution in [2.24, 2.45) is 0 Å². The zero-order valence-corrected chi connectivity index (χ0v) is 20.5. The van der Waals surface area contributed by atoms with Crippen LogP contribution in [0.4, 0.5) is 8.78 Å². The van der Waals surface area contributed by atoms with E-state index in [0.717, 1.165) is 61.0 Å². The normalized spacial score (nSPS) is 15.5. The molecule has 2 aromatic carbocycles. The van der Waals surface area contributed by atoms with Crippen LogP contribution in [0.3, 0.4) is 0 Å². The number of nitrogens with one attached hydrogen (secondary N) is 2. The van der Waals surface area contributed by atoms with Crippen LogP contribution in [0.25, 0.3) is 55.4 Å². The number of pyridine rings is 2. The molecule has 7 rings (SSSR count). The van der Waals surface area contributed by atoms with Gasteiger partial charge in [-0.05, 0) is 64.7 Å². The van der Waals surface area contributed by atoms with E-state index in [1.165, 1.54) is 0 Å². The van der Waals surface area contributed by atoms with Gasteiger partial charge in [-0.3, -0.25) is 20.0 Å². The highest BCUT2D eigenvalue weighted by atomic mass is 19.3. The third kappa shape index (κ3) is 4.13. The van der Waals surface area contributed by atoms with E-state index in [4.69, 9.17) is 0 Å². The fraction of sp³-hybridized carbons (Fsp3) is 0.167. The lowest BCUT2D eigenvalue weighted by Crippen LogP contribution is -2.24. The first kappa shape index (κ1) is 22.7. The first-order valence-corrected chi connectivity index (χ1v) is 12.6. The maximum absolute atomic E-state index is 13.6. The predicted molar refractivity (Wildman–Crippen MR) is 145 cm³/mol. The molecule has 6 nitrogen and oxygen atoms in total. The largest absolute Gasteiger partial charge is 0.353 e. The highest BCUT2D eigenvalue weighted by molar-refractivity contribution is 6.01. The minimum Gasteiger partial charge on any atom is -0.353 e. The van der Waals surface area contributed by atoms with Crippen LogP contribution in [0.2, 0.25) is 0 Å². The number of H-pyrrole nitrogens is 2. The number of aromatic amines is 2. The summed E-state index contributed by atoms with van der Waals surface area (Å²) in [6.45, 7) is 0.661. The van der Waals surface area contributed by atoms with Crippen molar-refractivity contribution in [3.8, 4) is 33.6 Å². The monoisotopic (exact) mass is 506 g/mol. The van der Waals surface area contributed by atoms with Crippen molar-refractivity contribution in [2.75, 3.05) is 13.1 Å². The number of benzene rings is 2. The molecule has 5 heterocycles. The second-order valence-corrected chi connectivity index (χ2v) is 9.92. The Bertz CT molecular complexity index is 1770. The van der Waals surface area contributed by atoms with Crippen molar-refractivity contribution in [1.29, 1.82) is 0 Å². The number of rotatable bonds is 5. The van der Waals surface area contributed by atoms with E-state index in [0.29, 0.717) is 13.1 Å². The van der Waals surface area contributed by atoms with E-state index in [1.54, 1.807) is 23.5 Å². The molecule has 8 heteroatoms. The fourth-order valence-corrected chi connectivity index (χ4v) is 5.40. The van der Waals surface area contributed by atoms with Gasteiger partial charge in [-0.25, -0.2) is 8.78 Å². The number of likely N-dealkylation sites (tertiary alicyclic amines) is 1. The molecule has 188 valence electrons. The van der Waals surface area contributed by atoms with Crippen LogP contribution < -0.4 is 0 Å². The van der Waals surface area contributed by atoms with Crippen LogP contribution in [0, 0.1) is 0 Å². The van der Waals surface area contributed by atoms with Gasteiger partial charge < -0.3 is 4.98 Å². The Morgan fingerprint density at radius 2 is 1.74 bits per heavy atom. The van der Waals surface area contributed by atoms with Crippen LogP contribution >= 0.6 is 0 Å². The van der Waals surface area contributed by atoms with Gasteiger partial charge in [-0.15, -0.1) is 0 Å². The first-order valence-electron chi connectivity index (χ1n) is 12.6. The van der Waals surface area contributed by atoms with E-state index in [1.807, 2.05) is 42.6 Å². The molecule has 0 amide bonds. The van der Waals surface area contributed by atoms with E-state index in [-0.39, 0.29) is 13.0 Å². The maximum Gasteiger partial charge on any atom is 0.261 e. The molecule has 2 N–H and O–H groups in total. The number of aromatic nitrogens is 5. The lowest BCUT2D eigenvalue weighted by atomic mass is 10.0. The van der Waals surface area contributed by atoms with Gasteiger partial charge in [0.05, 0.1) is 17.8 Å². The first-order chi connectivity index (χ1) is 18.5. The summed E-state index contributed by atoms with van der Waals surface area (Å²) in [5.41, 5.74) is 8.82. The summed E-state index contributed by atoms with van der Waals surface area (Å²) in [5.74, 6) is -2.60. The summed E-state index contributed by atoms with van der Waals surface area (Å²) >= 11 is 0. The van der Waals surface area contributed by atoms with Crippen molar-refractivity contribution in [2.45, 2.75) is 18.9 Å². The van der Waals surface area contributed by atoms with Gasteiger partial charge in [-0.2, -0.15) is 5.10 Å². The number of fused-ring (bicyclic) bond motifs is 2. The third-order valence-corrected chi connectivity index (χ3v) is 7.26. The Kier molecular flexibility index (Phi) is 5.30. The second kappa shape index (κ2) is 8.85. The van der Waals surface area contributed by atoms with Crippen molar-refractivity contribution >= 4 is 21.8 Å². The number of hydrogen-bond acceptors (Lipinski definition) is 4. The molecular weight excluding hydrogens is 482 g/mol. The van der Waals surface area contributed by atoms with Crippen LogP contribution in [0.1, 0.15) is 12.0 Å². The summed E-state index contributed by atoms with van der Waals surface area (Å²) in [5, 5.41) is 9.90. The quantitative estimate of drug-likeness (QED) is 0.274. The minimum atomic E-state index is -2.60. The smallest absolute Gasteiger partial charge is 0.261 e. The van der Waals surface area contributed by atoms with Crippen molar-refractivity contribution in [3.63, 3.8) is 0 Å². The van der Waals surface area contributed by atoms with Crippen LogP contribution in [-0.4, -0.2) is 49.1 Å². The molecule has 6 aromatic rings. The molecule has 1 aliphatic rings. The molecule has 0 spiro atoms. The van der Waals surface area contributed by atoms with Gasteiger partial charge in [0.15, 0.2) is 0 Å². The number of halogens is 2. The maximum atomic E-state index is 13.6. The van der Waals surface area contributed by atoms with Gasteiger partial charge in [-0.1, -0.05) is 18.2 Å². The Morgan fingerprint density at radius 3 is 2.58 bits per heavy atom. The van der Waals surface area contributed by atoms with Gasteiger partial charge in [0.1, 0.15) is 5.69 Å². The van der Waals surface area contributed by atoms with Gasteiger partial charge in [0, 0.05) is 66.2 Å². The Morgan fingerprint density at radius 1 is 0.842 bits per heavy atom. The Hall–Kier alpha value is -4.43. The zero-order valence-electron chi connectivity index (χ0n) is 20.5. The van der Waals surface area contributed by atoms with Crippen molar-refractivity contribution in [1.82, 2.24) is 30.0 Å². The van der Waals surface area contributed by atoms with Gasteiger partial charge in [0.2, 0.25) is 0 Å². The van der Waals surface area contributed by atoms with Gasteiger partial charge in [0.25, 0.3) is 5.92 Å². The molecule has 0 atom stereocenters. The second-order valence-electron chi connectivity index (χ2n) is 9.92. The van der Waals surface area contributed by atoms with Crippen LogP contribution in [0.5, 0.6) is 0 Å². The molecule has 0 bridgehead atoms. The molecule has 0 aliphatic carbocycles. The van der Waals surface area contributed by atoms with E-state index in [9.17, 15) is 8.78 Å². The molecule has 1 saturated heterocycles. The Balaban J connectivity index is 1.24. The fourth-order valence-electron chi connectivity index (χ4n) is 5.40. The lowest BCUT2D eigenvalue weighted by Gasteiger charge is -2.15. The standard InChI is InChI=1S/C30H24F2N6/c31-30(32)8-11-38(18-30)17-19-12-22(16-34-15-19)21-4-5-27-25(13-21)29(37-36-27)28-14-24-23(2-1-3-26(24)35-28)20-6-9-33-10-7-20/h1-7,9-10,12-16,35H,8,11,17-18H2,(H,36,37). The molecule has 0 saturated carbocycles. The van der Waals surface area contributed by atoms with Gasteiger partial charge >= 0.3 is 0 Å². The molecule has 1 fully saturated rings. The number of nitrogens with zero attached hydrogens (tertiary/aromatic N) is 4. The van der Waals surface area contributed by atoms with Crippen molar-refractivity contribution < 1.29 is 8.78 Å². The highest BCUT2D eigenvalue weighted by Gasteiger charge is 2.37. The average Bonchev–Trinajstić information content (AvgIpc) is 3.64.